The van der Waals surface area contributed by atoms with Crippen molar-refractivity contribution < 1.29 is 4.42 Å². The van der Waals surface area contributed by atoms with Crippen LogP contribution < -0.4 is 11.1 Å². The van der Waals surface area contributed by atoms with E-state index in [0.29, 0.717) is 30.8 Å². The summed E-state index contributed by atoms with van der Waals surface area (Å²) in [5.74, 6) is 1.08. The summed E-state index contributed by atoms with van der Waals surface area (Å²) in [5, 5.41) is 11.0. The van der Waals surface area contributed by atoms with Crippen LogP contribution in [-0.4, -0.2) is 23.3 Å². The zero-order valence-electron chi connectivity index (χ0n) is 11.2. The molecular formula is C14H20N4O. The quantitative estimate of drug-likeness (QED) is 0.798. The van der Waals surface area contributed by atoms with E-state index in [4.69, 9.17) is 10.2 Å². The molecule has 2 rings (SSSR count). The first kappa shape index (κ1) is 13.5. The van der Waals surface area contributed by atoms with Crippen molar-refractivity contribution >= 4 is 6.01 Å². The Bertz CT molecular complexity index is 483. The van der Waals surface area contributed by atoms with Crippen molar-refractivity contribution in [2.75, 3.05) is 18.4 Å². The fourth-order valence-corrected chi connectivity index (χ4v) is 1.89. The fraction of sp³-hybridized carbons (Fsp3) is 0.429. The minimum Gasteiger partial charge on any atom is -0.408 e. The average Bonchev–Trinajstić information content (AvgIpc) is 2.88. The second-order valence-electron chi connectivity index (χ2n) is 4.57. The zero-order valence-corrected chi connectivity index (χ0v) is 11.2. The van der Waals surface area contributed by atoms with Crippen LogP contribution in [0.3, 0.4) is 0 Å². The number of nitrogens with one attached hydrogen (secondary N) is 1. The molecule has 0 aliphatic heterocycles. The lowest BCUT2D eigenvalue weighted by Gasteiger charge is -2.11. The van der Waals surface area contributed by atoms with Gasteiger partial charge in [-0.15, -0.1) is 5.10 Å². The Morgan fingerprint density at radius 3 is 2.79 bits per heavy atom. The van der Waals surface area contributed by atoms with Crippen LogP contribution in [0.2, 0.25) is 0 Å². The second kappa shape index (κ2) is 6.89. The van der Waals surface area contributed by atoms with Gasteiger partial charge in [0.05, 0.1) is 0 Å². The molecule has 1 atom stereocenters. The first-order valence-electron chi connectivity index (χ1n) is 6.61. The topological polar surface area (TPSA) is 77.0 Å². The molecule has 0 saturated carbocycles. The van der Waals surface area contributed by atoms with Gasteiger partial charge in [-0.2, -0.15) is 0 Å². The first-order chi connectivity index (χ1) is 9.29. The highest BCUT2D eigenvalue weighted by atomic mass is 16.4. The highest BCUT2D eigenvalue weighted by Gasteiger charge is 2.07. The van der Waals surface area contributed by atoms with Crippen LogP contribution in [0.1, 0.15) is 30.7 Å². The Hall–Kier alpha value is -1.88. The Balaban J connectivity index is 1.76. The minimum absolute atomic E-state index is 0.476. The van der Waals surface area contributed by atoms with Crippen LogP contribution in [-0.2, 0) is 6.42 Å². The van der Waals surface area contributed by atoms with Crippen LogP contribution in [0.15, 0.2) is 34.7 Å². The van der Waals surface area contributed by atoms with Crippen LogP contribution >= 0.6 is 0 Å². The van der Waals surface area contributed by atoms with Gasteiger partial charge >= 0.3 is 6.01 Å². The number of aromatic nitrogens is 2. The summed E-state index contributed by atoms with van der Waals surface area (Å²) in [6.45, 7) is 3.54. The molecule has 1 aromatic carbocycles. The van der Waals surface area contributed by atoms with E-state index < -0.39 is 0 Å². The van der Waals surface area contributed by atoms with Gasteiger partial charge in [-0.3, -0.25) is 0 Å². The van der Waals surface area contributed by atoms with E-state index in [1.807, 2.05) is 6.07 Å². The van der Waals surface area contributed by atoms with Gasteiger partial charge in [-0.25, -0.2) is 0 Å². The number of benzene rings is 1. The van der Waals surface area contributed by atoms with E-state index in [1.54, 1.807) is 0 Å². The lowest BCUT2D eigenvalue weighted by atomic mass is 9.98. The molecule has 5 nitrogen and oxygen atoms in total. The smallest absolute Gasteiger partial charge is 0.315 e. The maximum absolute atomic E-state index is 5.43. The van der Waals surface area contributed by atoms with Gasteiger partial charge in [0, 0.05) is 19.5 Å². The third-order valence-corrected chi connectivity index (χ3v) is 3.05. The summed E-state index contributed by atoms with van der Waals surface area (Å²) < 4.78 is 5.40. The van der Waals surface area contributed by atoms with E-state index in [0.717, 1.165) is 13.0 Å². The van der Waals surface area contributed by atoms with E-state index in [2.05, 4.69) is 46.7 Å². The van der Waals surface area contributed by atoms with Crippen molar-refractivity contribution in [1.29, 1.82) is 0 Å². The molecule has 0 fully saturated rings. The largest absolute Gasteiger partial charge is 0.408 e. The Kier molecular flexibility index (Phi) is 4.92. The highest BCUT2D eigenvalue weighted by molar-refractivity contribution is 5.20. The highest BCUT2D eigenvalue weighted by Crippen LogP contribution is 2.18. The predicted molar refractivity (Wildman–Crippen MR) is 75.0 cm³/mol. The fourth-order valence-electron chi connectivity index (χ4n) is 1.89. The zero-order chi connectivity index (χ0) is 13.5. The molecule has 0 amide bonds. The van der Waals surface area contributed by atoms with E-state index in [9.17, 15) is 0 Å². The molecule has 3 N–H and O–H groups in total. The lowest BCUT2D eigenvalue weighted by Crippen LogP contribution is -2.06. The Morgan fingerprint density at radius 2 is 2.05 bits per heavy atom. The lowest BCUT2D eigenvalue weighted by molar-refractivity contribution is 0.504. The van der Waals surface area contributed by atoms with E-state index in [-0.39, 0.29) is 0 Å². The average molecular weight is 260 g/mol. The van der Waals surface area contributed by atoms with Crippen LogP contribution in [0.5, 0.6) is 0 Å². The van der Waals surface area contributed by atoms with Crippen molar-refractivity contribution in [3.8, 4) is 0 Å². The molecule has 0 saturated heterocycles. The third kappa shape index (κ3) is 4.06. The summed E-state index contributed by atoms with van der Waals surface area (Å²) in [5.41, 5.74) is 6.77. The predicted octanol–water partition coefficient (Wildman–Crippen LogP) is 2.18. The molecule has 1 unspecified atom stereocenters. The number of rotatable bonds is 7. The molecule has 1 aromatic heterocycles. The van der Waals surface area contributed by atoms with Gasteiger partial charge in [0.2, 0.25) is 5.89 Å². The molecule has 0 spiro atoms. The van der Waals surface area contributed by atoms with E-state index in [1.165, 1.54) is 5.56 Å². The minimum atomic E-state index is 0.476. The van der Waals surface area contributed by atoms with Gasteiger partial charge in [-0.05, 0) is 17.9 Å². The SMILES string of the molecule is CC(CCNc1nnc(CCN)o1)c1ccccc1. The summed E-state index contributed by atoms with van der Waals surface area (Å²) >= 11 is 0. The molecular weight excluding hydrogens is 240 g/mol. The molecule has 102 valence electrons. The third-order valence-electron chi connectivity index (χ3n) is 3.05. The molecule has 2 aromatic rings. The van der Waals surface area contributed by atoms with Gasteiger partial charge < -0.3 is 15.5 Å². The number of nitrogens with zero attached hydrogens (tertiary/aromatic N) is 2. The van der Waals surface area contributed by atoms with E-state index >= 15 is 0 Å². The van der Waals surface area contributed by atoms with Crippen LogP contribution in [0, 0.1) is 0 Å². The molecule has 19 heavy (non-hydrogen) atoms. The number of anilines is 1. The second-order valence-corrected chi connectivity index (χ2v) is 4.57. The number of nitrogens with two attached hydrogens (primary N) is 1. The summed E-state index contributed by atoms with van der Waals surface area (Å²) in [6.07, 6.45) is 1.63. The maximum atomic E-state index is 5.43. The Morgan fingerprint density at radius 1 is 1.26 bits per heavy atom. The maximum Gasteiger partial charge on any atom is 0.315 e. The monoisotopic (exact) mass is 260 g/mol. The molecule has 0 aliphatic carbocycles. The summed E-state index contributed by atoms with van der Waals surface area (Å²) in [4.78, 5) is 0. The van der Waals surface area contributed by atoms with Crippen molar-refractivity contribution in [3.63, 3.8) is 0 Å². The summed E-state index contributed by atoms with van der Waals surface area (Å²) in [7, 11) is 0. The van der Waals surface area contributed by atoms with Gasteiger partial charge in [0.15, 0.2) is 0 Å². The standard InChI is InChI=1S/C14H20N4O/c1-11(12-5-3-2-4-6-12)8-10-16-14-18-17-13(19-14)7-9-15/h2-6,11H,7-10,15H2,1H3,(H,16,18). The van der Waals surface area contributed by atoms with Gasteiger partial charge in [0.1, 0.15) is 0 Å². The van der Waals surface area contributed by atoms with Crippen molar-refractivity contribution in [2.24, 2.45) is 5.73 Å². The molecule has 1 heterocycles. The summed E-state index contributed by atoms with van der Waals surface area (Å²) in [6, 6.07) is 10.9. The van der Waals surface area contributed by atoms with Gasteiger partial charge in [-0.1, -0.05) is 42.4 Å². The molecule has 0 aliphatic rings. The molecule has 5 heteroatoms. The van der Waals surface area contributed by atoms with Crippen LogP contribution in [0.4, 0.5) is 6.01 Å². The van der Waals surface area contributed by atoms with Gasteiger partial charge in [0.25, 0.3) is 0 Å². The number of hydrogen-bond donors (Lipinski definition) is 2. The first-order valence-corrected chi connectivity index (χ1v) is 6.61. The molecule has 0 bridgehead atoms. The van der Waals surface area contributed by atoms with Crippen molar-refractivity contribution in [2.45, 2.75) is 25.7 Å². The van der Waals surface area contributed by atoms with Crippen LogP contribution in [0.25, 0.3) is 0 Å². The van der Waals surface area contributed by atoms with Crippen molar-refractivity contribution in [3.05, 3.63) is 41.8 Å². The molecule has 0 radical (unpaired) electrons. The Labute approximate surface area is 113 Å². The van der Waals surface area contributed by atoms with Crippen molar-refractivity contribution in [1.82, 2.24) is 10.2 Å². The normalized spacial score (nSPS) is 12.3. The number of hydrogen-bond acceptors (Lipinski definition) is 5.